The Kier molecular flexibility index (Phi) is 41.0. The number of carboxylic acids is 1. The molecule has 1 unspecified atom stereocenters. The van der Waals surface area contributed by atoms with E-state index in [1.165, 1.54) is 116 Å². The molecular weight excluding hydrogens is 671 g/mol. The number of carbonyl (C=O) groups excluding carboxylic acids is 2. The van der Waals surface area contributed by atoms with E-state index >= 15 is 0 Å². The van der Waals surface area contributed by atoms with Crippen LogP contribution in [0.25, 0.3) is 0 Å². The van der Waals surface area contributed by atoms with Gasteiger partial charge in [-0.15, -0.1) is 0 Å². The lowest BCUT2D eigenvalue weighted by Crippen LogP contribution is -2.28. The number of allylic oxidation sites excluding steroid dienone is 8. The molecule has 0 fully saturated rings. The molecular formula is C48H85NO5. The smallest absolute Gasteiger partial charge is 0.322 e. The van der Waals surface area contributed by atoms with E-state index in [0.29, 0.717) is 12.8 Å². The molecule has 54 heavy (non-hydrogen) atoms. The number of aliphatic carboxylic acids is 1. The van der Waals surface area contributed by atoms with Gasteiger partial charge < -0.3 is 15.2 Å². The first-order valence-electron chi connectivity index (χ1n) is 22.8. The molecule has 0 heterocycles. The summed E-state index contributed by atoms with van der Waals surface area (Å²) in [7, 11) is 0. The van der Waals surface area contributed by atoms with Crippen molar-refractivity contribution in [1.82, 2.24) is 5.32 Å². The molecule has 0 spiro atoms. The highest BCUT2D eigenvalue weighted by atomic mass is 16.5. The number of nitrogens with one attached hydrogen (secondary N) is 1. The lowest BCUT2D eigenvalue weighted by atomic mass is 10.0. The molecule has 0 saturated carbocycles. The standard InChI is InChI=1S/C48H85NO5/c1-3-5-7-9-11-13-15-16-17-18-19-20-21-22-23-24-26-28-30-35-39-43-48(53)54-45(40-36-32-29-27-25-14-12-10-8-6-4-2)41-37-33-31-34-38-42-46(50)49-44-47(51)52/h12,14-16,18-19,27,29,45H,3-11,13,17,20-26,28,30-44H2,1-2H3,(H,49,50)(H,51,52)/b14-12-,16-15-,19-18-,29-27-. The van der Waals surface area contributed by atoms with E-state index in [1.807, 2.05) is 0 Å². The van der Waals surface area contributed by atoms with Crippen molar-refractivity contribution in [2.45, 2.75) is 232 Å². The largest absolute Gasteiger partial charge is 0.480 e. The van der Waals surface area contributed by atoms with Crippen molar-refractivity contribution in [2.24, 2.45) is 0 Å². The molecule has 0 saturated heterocycles. The van der Waals surface area contributed by atoms with Gasteiger partial charge in [0.15, 0.2) is 0 Å². The van der Waals surface area contributed by atoms with Gasteiger partial charge in [-0.05, 0) is 96.3 Å². The van der Waals surface area contributed by atoms with Gasteiger partial charge in [0.25, 0.3) is 0 Å². The maximum absolute atomic E-state index is 12.8. The van der Waals surface area contributed by atoms with Crippen LogP contribution >= 0.6 is 0 Å². The number of hydrogen-bond acceptors (Lipinski definition) is 4. The highest BCUT2D eigenvalue weighted by Crippen LogP contribution is 2.18. The van der Waals surface area contributed by atoms with Gasteiger partial charge in [-0.25, -0.2) is 0 Å². The minimum atomic E-state index is -1.02. The second-order valence-electron chi connectivity index (χ2n) is 15.3. The molecule has 2 N–H and O–H groups in total. The van der Waals surface area contributed by atoms with Crippen LogP contribution in [0.1, 0.15) is 226 Å². The summed E-state index contributed by atoms with van der Waals surface area (Å²) < 4.78 is 6.01. The Balaban J connectivity index is 4.12. The number of amides is 1. The second kappa shape index (κ2) is 43.1. The molecule has 312 valence electrons. The lowest BCUT2D eigenvalue weighted by Gasteiger charge is -2.18. The SMILES string of the molecule is CCCCC/C=C\C/C=C\CCCC(CCCCCCCC(=O)NCC(=O)O)OC(=O)CCCCCCCCCCC/C=C\C/C=C\CCCCCCC. The minimum absolute atomic E-state index is 0.0200. The zero-order valence-electron chi connectivity index (χ0n) is 35.3. The Morgan fingerprint density at radius 3 is 1.39 bits per heavy atom. The highest BCUT2D eigenvalue weighted by Gasteiger charge is 2.14. The van der Waals surface area contributed by atoms with Gasteiger partial charge in [0, 0.05) is 12.8 Å². The molecule has 1 atom stereocenters. The number of unbranched alkanes of at least 4 members (excludes halogenated alkanes) is 22. The first-order valence-corrected chi connectivity index (χ1v) is 22.8. The predicted molar refractivity (Wildman–Crippen MR) is 231 cm³/mol. The Morgan fingerprint density at radius 2 is 0.870 bits per heavy atom. The molecule has 0 aromatic heterocycles. The van der Waals surface area contributed by atoms with Crippen LogP contribution in [0, 0.1) is 0 Å². The van der Waals surface area contributed by atoms with Crippen molar-refractivity contribution in [1.29, 1.82) is 0 Å². The van der Waals surface area contributed by atoms with Crippen LogP contribution < -0.4 is 5.32 Å². The number of esters is 1. The van der Waals surface area contributed by atoms with E-state index in [2.05, 4.69) is 67.8 Å². The van der Waals surface area contributed by atoms with Gasteiger partial charge in [0.05, 0.1) is 0 Å². The fourth-order valence-corrected chi connectivity index (χ4v) is 6.58. The monoisotopic (exact) mass is 756 g/mol. The predicted octanol–water partition coefficient (Wildman–Crippen LogP) is 14.2. The zero-order chi connectivity index (χ0) is 39.4. The molecule has 6 heteroatoms. The molecule has 0 aliphatic carbocycles. The van der Waals surface area contributed by atoms with Crippen LogP contribution in [0.4, 0.5) is 0 Å². The van der Waals surface area contributed by atoms with Crippen molar-refractivity contribution < 1.29 is 24.2 Å². The van der Waals surface area contributed by atoms with E-state index in [4.69, 9.17) is 9.84 Å². The molecule has 0 aromatic carbocycles. The number of hydrogen-bond donors (Lipinski definition) is 2. The number of carbonyl (C=O) groups is 3. The minimum Gasteiger partial charge on any atom is -0.480 e. The molecule has 0 aliphatic rings. The van der Waals surface area contributed by atoms with Crippen molar-refractivity contribution in [3.05, 3.63) is 48.6 Å². The summed E-state index contributed by atoms with van der Waals surface area (Å²) >= 11 is 0. The highest BCUT2D eigenvalue weighted by molar-refractivity contribution is 5.80. The van der Waals surface area contributed by atoms with Crippen LogP contribution in [0.2, 0.25) is 0 Å². The van der Waals surface area contributed by atoms with Crippen LogP contribution in [-0.2, 0) is 19.1 Å². The Bertz CT molecular complexity index is 968. The van der Waals surface area contributed by atoms with Gasteiger partial charge in [-0.3, -0.25) is 14.4 Å². The van der Waals surface area contributed by atoms with E-state index in [1.54, 1.807) is 0 Å². The van der Waals surface area contributed by atoms with Gasteiger partial charge in [-0.2, -0.15) is 0 Å². The average Bonchev–Trinajstić information content (AvgIpc) is 3.16. The normalized spacial score (nSPS) is 12.5. The molecule has 0 bridgehead atoms. The van der Waals surface area contributed by atoms with Crippen LogP contribution in [0.5, 0.6) is 0 Å². The third-order valence-corrected chi connectivity index (χ3v) is 9.97. The Morgan fingerprint density at radius 1 is 0.481 bits per heavy atom. The molecule has 0 rings (SSSR count). The van der Waals surface area contributed by atoms with Crippen molar-refractivity contribution in [2.75, 3.05) is 6.54 Å². The van der Waals surface area contributed by atoms with Crippen LogP contribution in [0.15, 0.2) is 48.6 Å². The van der Waals surface area contributed by atoms with E-state index in [9.17, 15) is 14.4 Å². The summed E-state index contributed by atoms with van der Waals surface area (Å²) in [5.74, 6) is -1.26. The lowest BCUT2D eigenvalue weighted by molar-refractivity contribution is -0.150. The van der Waals surface area contributed by atoms with E-state index in [0.717, 1.165) is 83.5 Å². The summed E-state index contributed by atoms with van der Waals surface area (Å²) in [5.41, 5.74) is 0. The average molecular weight is 756 g/mol. The fraction of sp³-hybridized carbons (Fsp3) is 0.771. The first-order chi connectivity index (χ1) is 26.5. The maximum Gasteiger partial charge on any atom is 0.322 e. The third-order valence-electron chi connectivity index (χ3n) is 9.97. The van der Waals surface area contributed by atoms with E-state index < -0.39 is 5.97 Å². The first kappa shape index (κ1) is 51.4. The molecule has 0 aromatic rings. The van der Waals surface area contributed by atoms with Crippen molar-refractivity contribution in [3.63, 3.8) is 0 Å². The molecule has 0 radical (unpaired) electrons. The summed E-state index contributed by atoms with van der Waals surface area (Å²) in [4.78, 5) is 35.0. The fourth-order valence-electron chi connectivity index (χ4n) is 6.58. The molecule has 6 nitrogen and oxygen atoms in total. The Hall–Kier alpha value is -2.63. The van der Waals surface area contributed by atoms with Crippen molar-refractivity contribution >= 4 is 17.8 Å². The summed E-state index contributed by atoms with van der Waals surface area (Å²) in [6.45, 7) is 4.19. The topological polar surface area (TPSA) is 92.7 Å². The number of carboxylic acid groups (broad SMARTS) is 1. The number of ether oxygens (including phenoxy) is 1. The van der Waals surface area contributed by atoms with Gasteiger partial charge in [0.1, 0.15) is 12.6 Å². The summed E-state index contributed by atoms with van der Waals surface area (Å²) in [6, 6.07) is 0. The quantitative estimate of drug-likeness (QED) is 0.0368. The van der Waals surface area contributed by atoms with Crippen LogP contribution in [0.3, 0.4) is 0 Å². The van der Waals surface area contributed by atoms with Gasteiger partial charge in [-0.1, -0.05) is 165 Å². The van der Waals surface area contributed by atoms with Gasteiger partial charge >= 0.3 is 11.9 Å². The van der Waals surface area contributed by atoms with Crippen LogP contribution in [-0.4, -0.2) is 35.6 Å². The van der Waals surface area contributed by atoms with Gasteiger partial charge in [0.2, 0.25) is 5.91 Å². The summed E-state index contributed by atoms with van der Waals surface area (Å²) in [6.07, 6.45) is 55.3. The maximum atomic E-state index is 12.8. The molecule has 0 aliphatic heterocycles. The third kappa shape index (κ3) is 42.1. The van der Waals surface area contributed by atoms with E-state index in [-0.39, 0.29) is 24.5 Å². The van der Waals surface area contributed by atoms with Crippen molar-refractivity contribution in [3.8, 4) is 0 Å². The molecule has 1 amide bonds. The second-order valence-corrected chi connectivity index (χ2v) is 15.3. The summed E-state index contributed by atoms with van der Waals surface area (Å²) in [5, 5.41) is 11.1. The number of rotatable bonds is 41. The Labute approximate surface area is 333 Å². The zero-order valence-corrected chi connectivity index (χ0v) is 35.3.